The number of carbonyl (C=O) groups excluding carboxylic acids is 1. The largest absolute Gasteiger partial charge is 0.346 e. The Morgan fingerprint density at radius 1 is 1.33 bits per heavy atom. The molecule has 0 heterocycles. The highest BCUT2D eigenvalue weighted by Gasteiger charge is 2.16. The third-order valence-electron chi connectivity index (χ3n) is 1.91. The van der Waals surface area contributed by atoms with Gasteiger partial charge in [-0.05, 0) is 21.0 Å². The fourth-order valence-corrected chi connectivity index (χ4v) is 1.16. The highest BCUT2D eigenvalue weighted by atomic mass is 16.2. The molecule has 0 aromatic carbocycles. The van der Waals surface area contributed by atoms with Crippen LogP contribution in [0.4, 0.5) is 0 Å². The standard InChI is InChI=1S/C9H20N2O/c1-6-11(5)9(12)8(2)7-10(3)4/h8H,6-7H2,1-5H3. The maximum absolute atomic E-state index is 11.5. The number of hydrogen-bond donors (Lipinski definition) is 0. The van der Waals surface area contributed by atoms with Crippen molar-refractivity contribution in [2.75, 3.05) is 34.2 Å². The smallest absolute Gasteiger partial charge is 0.226 e. The number of rotatable bonds is 4. The minimum Gasteiger partial charge on any atom is -0.346 e. The van der Waals surface area contributed by atoms with Crippen LogP contribution in [0.25, 0.3) is 0 Å². The SMILES string of the molecule is CCN(C)C(=O)C(C)CN(C)C. The second-order valence-corrected chi connectivity index (χ2v) is 3.52. The zero-order chi connectivity index (χ0) is 9.72. The van der Waals surface area contributed by atoms with Crippen molar-refractivity contribution >= 4 is 5.91 Å². The molecule has 72 valence electrons. The van der Waals surface area contributed by atoms with Crippen molar-refractivity contribution in [2.24, 2.45) is 5.92 Å². The van der Waals surface area contributed by atoms with E-state index in [0.29, 0.717) is 0 Å². The number of hydrogen-bond acceptors (Lipinski definition) is 2. The van der Waals surface area contributed by atoms with Gasteiger partial charge in [-0.15, -0.1) is 0 Å². The van der Waals surface area contributed by atoms with Gasteiger partial charge in [-0.2, -0.15) is 0 Å². The molecule has 0 aromatic rings. The first kappa shape index (κ1) is 11.4. The molecule has 12 heavy (non-hydrogen) atoms. The van der Waals surface area contributed by atoms with Crippen LogP contribution in [0.5, 0.6) is 0 Å². The van der Waals surface area contributed by atoms with Crippen LogP contribution in [-0.4, -0.2) is 49.9 Å². The summed E-state index contributed by atoms with van der Waals surface area (Å²) in [5, 5.41) is 0. The quantitative estimate of drug-likeness (QED) is 0.622. The molecule has 3 heteroatoms. The summed E-state index contributed by atoms with van der Waals surface area (Å²) in [7, 11) is 5.81. The Labute approximate surface area is 75.3 Å². The van der Waals surface area contributed by atoms with Crippen molar-refractivity contribution in [3.63, 3.8) is 0 Å². The summed E-state index contributed by atoms with van der Waals surface area (Å²) in [5.41, 5.74) is 0. The molecule has 0 rings (SSSR count). The lowest BCUT2D eigenvalue weighted by Gasteiger charge is -2.21. The van der Waals surface area contributed by atoms with Crippen LogP contribution in [0, 0.1) is 5.92 Å². The molecule has 0 aliphatic rings. The molecule has 0 saturated heterocycles. The Kier molecular flexibility index (Phi) is 4.90. The first-order valence-corrected chi connectivity index (χ1v) is 4.38. The van der Waals surface area contributed by atoms with Crippen LogP contribution in [0.15, 0.2) is 0 Å². The van der Waals surface area contributed by atoms with Gasteiger partial charge in [-0.1, -0.05) is 6.92 Å². The number of carbonyl (C=O) groups is 1. The van der Waals surface area contributed by atoms with Crippen molar-refractivity contribution < 1.29 is 4.79 Å². The molecular formula is C9H20N2O. The Morgan fingerprint density at radius 3 is 2.17 bits per heavy atom. The van der Waals surface area contributed by atoms with Crippen LogP contribution < -0.4 is 0 Å². The summed E-state index contributed by atoms with van der Waals surface area (Å²) < 4.78 is 0. The van der Waals surface area contributed by atoms with Crippen LogP contribution in [-0.2, 0) is 4.79 Å². The highest BCUT2D eigenvalue weighted by Crippen LogP contribution is 2.01. The monoisotopic (exact) mass is 172 g/mol. The van der Waals surface area contributed by atoms with Crippen LogP contribution in [0.3, 0.4) is 0 Å². The minimum absolute atomic E-state index is 0.102. The molecule has 0 aliphatic heterocycles. The van der Waals surface area contributed by atoms with Crippen molar-refractivity contribution in [3.8, 4) is 0 Å². The van der Waals surface area contributed by atoms with Gasteiger partial charge < -0.3 is 9.80 Å². The fourth-order valence-electron chi connectivity index (χ4n) is 1.16. The zero-order valence-electron chi connectivity index (χ0n) is 8.79. The van der Waals surface area contributed by atoms with Gasteiger partial charge in [0.1, 0.15) is 0 Å². The summed E-state index contributed by atoms with van der Waals surface area (Å²) >= 11 is 0. The Bertz CT molecular complexity index is 145. The maximum atomic E-state index is 11.5. The van der Waals surface area contributed by atoms with Gasteiger partial charge in [0, 0.05) is 26.1 Å². The molecule has 1 amide bonds. The topological polar surface area (TPSA) is 23.6 Å². The lowest BCUT2D eigenvalue weighted by Crippen LogP contribution is -2.36. The first-order valence-electron chi connectivity index (χ1n) is 4.38. The molecule has 0 fully saturated rings. The Morgan fingerprint density at radius 2 is 1.83 bits per heavy atom. The van der Waals surface area contributed by atoms with E-state index in [0.717, 1.165) is 13.1 Å². The summed E-state index contributed by atoms with van der Waals surface area (Å²) in [6, 6.07) is 0. The van der Waals surface area contributed by atoms with Crippen molar-refractivity contribution in [1.29, 1.82) is 0 Å². The Hall–Kier alpha value is -0.570. The van der Waals surface area contributed by atoms with Gasteiger partial charge >= 0.3 is 0 Å². The lowest BCUT2D eigenvalue weighted by molar-refractivity contribution is -0.133. The average Bonchev–Trinajstić information content (AvgIpc) is 2.00. The molecule has 0 N–H and O–H groups in total. The Balaban J connectivity index is 3.92. The van der Waals surface area contributed by atoms with Gasteiger partial charge in [0.15, 0.2) is 0 Å². The molecular weight excluding hydrogens is 152 g/mol. The maximum Gasteiger partial charge on any atom is 0.226 e. The van der Waals surface area contributed by atoms with Gasteiger partial charge in [-0.25, -0.2) is 0 Å². The van der Waals surface area contributed by atoms with E-state index in [2.05, 4.69) is 0 Å². The van der Waals surface area contributed by atoms with Crippen LogP contribution in [0.1, 0.15) is 13.8 Å². The molecule has 3 nitrogen and oxygen atoms in total. The van der Waals surface area contributed by atoms with Gasteiger partial charge in [0.05, 0.1) is 0 Å². The molecule has 1 unspecified atom stereocenters. The number of amides is 1. The van der Waals surface area contributed by atoms with Gasteiger partial charge in [0.2, 0.25) is 5.91 Å². The molecule has 0 radical (unpaired) electrons. The third kappa shape index (κ3) is 3.72. The van der Waals surface area contributed by atoms with Crippen molar-refractivity contribution in [3.05, 3.63) is 0 Å². The summed E-state index contributed by atoms with van der Waals surface area (Å²) in [6.45, 7) is 5.56. The molecule has 1 atom stereocenters. The van der Waals surface area contributed by atoms with Crippen LogP contribution in [0.2, 0.25) is 0 Å². The molecule has 0 bridgehead atoms. The number of nitrogens with zero attached hydrogens (tertiary/aromatic N) is 2. The highest BCUT2D eigenvalue weighted by molar-refractivity contribution is 5.78. The van der Waals surface area contributed by atoms with Gasteiger partial charge in [-0.3, -0.25) is 4.79 Å². The summed E-state index contributed by atoms with van der Waals surface area (Å²) in [6.07, 6.45) is 0. The molecule has 0 aliphatic carbocycles. The summed E-state index contributed by atoms with van der Waals surface area (Å²) in [5.74, 6) is 0.330. The molecule has 0 aromatic heterocycles. The normalized spacial score (nSPS) is 13.2. The minimum atomic E-state index is 0.102. The van der Waals surface area contributed by atoms with E-state index in [4.69, 9.17) is 0 Å². The van der Waals surface area contributed by atoms with E-state index in [1.807, 2.05) is 39.9 Å². The third-order valence-corrected chi connectivity index (χ3v) is 1.91. The first-order chi connectivity index (χ1) is 5.49. The van der Waals surface area contributed by atoms with E-state index in [1.54, 1.807) is 4.90 Å². The predicted octanol–water partition coefficient (Wildman–Crippen LogP) is 0.662. The van der Waals surface area contributed by atoms with E-state index < -0.39 is 0 Å². The predicted molar refractivity (Wildman–Crippen MR) is 51.0 cm³/mol. The molecule has 0 saturated carbocycles. The van der Waals surface area contributed by atoms with E-state index in [1.165, 1.54) is 0 Å². The van der Waals surface area contributed by atoms with E-state index >= 15 is 0 Å². The van der Waals surface area contributed by atoms with Crippen molar-refractivity contribution in [1.82, 2.24) is 9.80 Å². The summed E-state index contributed by atoms with van der Waals surface area (Å²) in [4.78, 5) is 15.3. The molecule has 0 spiro atoms. The van der Waals surface area contributed by atoms with Crippen LogP contribution >= 0.6 is 0 Å². The fraction of sp³-hybridized carbons (Fsp3) is 0.889. The zero-order valence-corrected chi connectivity index (χ0v) is 8.79. The second kappa shape index (κ2) is 5.14. The van der Waals surface area contributed by atoms with Crippen molar-refractivity contribution in [2.45, 2.75) is 13.8 Å². The van der Waals surface area contributed by atoms with Gasteiger partial charge in [0.25, 0.3) is 0 Å². The average molecular weight is 172 g/mol. The second-order valence-electron chi connectivity index (χ2n) is 3.52. The van der Waals surface area contributed by atoms with E-state index in [9.17, 15) is 4.79 Å². The van der Waals surface area contributed by atoms with E-state index in [-0.39, 0.29) is 11.8 Å². The lowest BCUT2D eigenvalue weighted by atomic mass is 10.1.